The van der Waals surface area contributed by atoms with Crippen molar-refractivity contribution in [3.05, 3.63) is 30.2 Å². The number of piperazine rings is 1. The first kappa shape index (κ1) is 22.2. The first-order valence-electron chi connectivity index (χ1n) is 11.0. The molecule has 0 unspecified atom stereocenters. The molecule has 10 nitrogen and oxygen atoms in total. The van der Waals surface area contributed by atoms with E-state index < -0.39 is 6.04 Å². The van der Waals surface area contributed by atoms with Gasteiger partial charge in [-0.1, -0.05) is 19.0 Å². The Balaban J connectivity index is 1.26. The van der Waals surface area contributed by atoms with Gasteiger partial charge >= 0.3 is 6.03 Å². The quantitative estimate of drug-likeness (QED) is 0.617. The van der Waals surface area contributed by atoms with Gasteiger partial charge in [0.2, 0.25) is 11.7 Å². The maximum Gasteiger partial charge on any atom is 0.325 e. The molecule has 4 rings (SSSR count). The molecule has 0 spiro atoms. The third kappa shape index (κ3) is 5.08. The SMILES string of the molecule is COc1ccc(-c2noc(CN3CCN(CN4C(=O)N[C@@H](CC(C)C)C4=O)CC3)n2)cc1. The van der Waals surface area contributed by atoms with Crippen LogP contribution in [0.25, 0.3) is 11.4 Å². The van der Waals surface area contributed by atoms with Crippen molar-refractivity contribution in [2.75, 3.05) is 40.0 Å². The third-order valence-electron chi connectivity index (χ3n) is 5.80. The third-order valence-corrected chi connectivity index (χ3v) is 5.80. The number of amides is 3. The summed E-state index contributed by atoms with van der Waals surface area (Å²) in [6, 6.07) is 6.82. The number of urea groups is 1. The summed E-state index contributed by atoms with van der Waals surface area (Å²) in [5.74, 6) is 2.12. The fourth-order valence-corrected chi connectivity index (χ4v) is 4.00. The van der Waals surface area contributed by atoms with E-state index in [0.717, 1.165) is 37.5 Å². The van der Waals surface area contributed by atoms with Gasteiger partial charge < -0.3 is 14.6 Å². The summed E-state index contributed by atoms with van der Waals surface area (Å²) >= 11 is 0. The molecule has 2 saturated heterocycles. The number of rotatable bonds is 8. The first-order valence-corrected chi connectivity index (χ1v) is 11.0. The highest BCUT2D eigenvalue weighted by Crippen LogP contribution is 2.20. The summed E-state index contributed by atoms with van der Waals surface area (Å²) in [6.07, 6.45) is 0.664. The zero-order chi connectivity index (χ0) is 22.7. The molecule has 10 heteroatoms. The molecule has 1 atom stereocenters. The number of hydrogen-bond donors (Lipinski definition) is 1. The predicted molar refractivity (Wildman–Crippen MR) is 117 cm³/mol. The fourth-order valence-electron chi connectivity index (χ4n) is 4.00. The molecule has 3 heterocycles. The molecule has 172 valence electrons. The zero-order valence-electron chi connectivity index (χ0n) is 18.8. The number of carbonyl (C=O) groups excluding carboxylic acids is 2. The van der Waals surface area contributed by atoms with Crippen LogP contribution in [-0.4, -0.2) is 82.8 Å². The summed E-state index contributed by atoms with van der Waals surface area (Å²) in [6.45, 7) is 8.08. The number of methoxy groups -OCH3 is 1. The lowest BCUT2D eigenvalue weighted by Crippen LogP contribution is -2.51. The van der Waals surface area contributed by atoms with Crippen LogP contribution in [0, 0.1) is 5.92 Å². The second-order valence-corrected chi connectivity index (χ2v) is 8.67. The van der Waals surface area contributed by atoms with E-state index in [9.17, 15) is 9.59 Å². The van der Waals surface area contributed by atoms with Gasteiger partial charge in [-0.15, -0.1) is 0 Å². The molecule has 2 aliphatic heterocycles. The molecule has 1 N–H and O–H groups in total. The van der Waals surface area contributed by atoms with Crippen LogP contribution in [0.15, 0.2) is 28.8 Å². The second kappa shape index (κ2) is 9.66. The molecule has 2 fully saturated rings. The average Bonchev–Trinajstić information content (AvgIpc) is 3.35. The highest BCUT2D eigenvalue weighted by molar-refractivity contribution is 6.04. The molecule has 2 aromatic rings. The molecule has 0 radical (unpaired) electrons. The van der Waals surface area contributed by atoms with Crippen molar-refractivity contribution >= 4 is 11.9 Å². The molecule has 1 aromatic heterocycles. The Morgan fingerprint density at radius 2 is 1.81 bits per heavy atom. The van der Waals surface area contributed by atoms with Crippen molar-refractivity contribution < 1.29 is 18.8 Å². The molecule has 0 saturated carbocycles. The van der Waals surface area contributed by atoms with Gasteiger partial charge in [-0.25, -0.2) is 9.69 Å². The van der Waals surface area contributed by atoms with Crippen molar-refractivity contribution in [1.82, 2.24) is 30.2 Å². The lowest BCUT2D eigenvalue weighted by atomic mass is 10.0. The number of ether oxygens (including phenoxy) is 1. The van der Waals surface area contributed by atoms with E-state index >= 15 is 0 Å². The van der Waals surface area contributed by atoms with E-state index in [2.05, 4.69) is 25.3 Å². The Morgan fingerprint density at radius 3 is 2.47 bits per heavy atom. The van der Waals surface area contributed by atoms with E-state index in [-0.39, 0.29) is 11.9 Å². The molecule has 3 amide bonds. The predicted octanol–water partition coefficient (Wildman–Crippen LogP) is 1.79. The molecular weight excluding hydrogens is 412 g/mol. The van der Waals surface area contributed by atoms with Gasteiger partial charge in [0.05, 0.1) is 20.3 Å². The van der Waals surface area contributed by atoms with Gasteiger partial charge in [0.1, 0.15) is 11.8 Å². The number of aromatic nitrogens is 2. The first-order chi connectivity index (χ1) is 15.4. The average molecular weight is 443 g/mol. The Hall–Kier alpha value is -2.98. The van der Waals surface area contributed by atoms with E-state index in [0.29, 0.717) is 37.3 Å². The number of nitrogens with zero attached hydrogens (tertiary/aromatic N) is 5. The van der Waals surface area contributed by atoms with Crippen molar-refractivity contribution in [2.45, 2.75) is 32.9 Å². The number of carbonyl (C=O) groups is 2. The van der Waals surface area contributed by atoms with Crippen molar-refractivity contribution in [1.29, 1.82) is 0 Å². The maximum absolute atomic E-state index is 12.6. The molecule has 0 aliphatic carbocycles. The minimum atomic E-state index is -0.402. The molecule has 2 aliphatic rings. The molecular formula is C22H30N6O4. The number of imide groups is 1. The number of benzene rings is 1. The lowest BCUT2D eigenvalue weighted by molar-refractivity contribution is -0.129. The van der Waals surface area contributed by atoms with Crippen LogP contribution < -0.4 is 10.1 Å². The smallest absolute Gasteiger partial charge is 0.325 e. The van der Waals surface area contributed by atoms with Crippen molar-refractivity contribution in [3.63, 3.8) is 0 Å². The van der Waals surface area contributed by atoms with Crippen molar-refractivity contribution in [3.8, 4) is 17.1 Å². The Morgan fingerprint density at radius 1 is 1.12 bits per heavy atom. The monoisotopic (exact) mass is 442 g/mol. The lowest BCUT2D eigenvalue weighted by Gasteiger charge is -2.35. The van der Waals surface area contributed by atoms with Crippen LogP contribution in [-0.2, 0) is 11.3 Å². The van der Waals surface area contributed by atoms with E-state index in [1.165, 1.54) is 4.90 Å². The van der Waals surface area contributed by atoms with Gasteiger partial charge in [0.25, 0.3) is 5.91 Å². The number of nitrogens with one attached hydrogen (secondary N) is 1. The highest BCUT2D eigenvalue weighted by atomic mass is 16.5. The molecule has 1 aromatic carbocycles. The Kier molecular flexibility index (Phi) is 6.71. The van der Waals surface area contributed by atoms with Crippen LogP contribution >= 0.6 is 0 Å². The largest absolute Gasteiger partial charge is 0.497 e. The van der Waals surface area contributed by atoms with Gasteiger partial charge in [0.15, 0.2) is 0 Å². The van der Waals surface area contributed by atoms with Gasteiger partial charge in [0, 0.05) is 31.7 Å². The fraction of sp³-hybridized carbons (Fsp3) is 0.545. The number of hydrogen-bond acceptors (Lipinski definition) is 8. The zero-order valence-corrected chi connectivity index (χ0v) is 18.8. The minimum absolute atomic E-state index is 0.122. The van der Waals surface area contributed by atoms with Crippen molar-refractivity contribution in [2.24, 2.45) is 5.92 Å². The van der Waals surface area contributed by atoms with Crippen LogP contribution in [0.4, 0.5) is 4.79 Å². The van der Waals surface area contributed by atoms with E-state index in [1.807, 2.05) is 38.1 Å². The van der Waals surface area contributed by atoms with Gasteiger partial charge in [-0.05, 0) is 36.6 Å². The normalized spacial score (nSPS) is 20.2. The second-order valence-electron chi connectivity index (χ2n) is 8.67. The Labute approximate surface area is 187 Å². The summed E-state index contributed by atoms with van der Waals surface area (Å²) in [5, 5.41) is 6.89. The summed E-state index contributed by atoms with van der Waals surface area (Å²) in [7, 11) is 1.63. The molecule has 0 bridgehead atoms. The minimum Gasteiger partial charge on any atom is -0.497 e. The van der Waals surface area contributed by atoms with Crippen LogP contribution in [0.3, 0.4) is 0 Å². The van der Waals surface area contributed by atoms with E-state index in [4.69, 9.17) is 9.26 Å². The van der Waals surface area contributed by atoms with Crippen LogP contribution in [0.2, 0.25) is 0 Å². The van der Waals surface area contributed by atoms with Crippen LogP contribution in [0.5, 0.6) is 5.75 Å². The summed E-state index contributed by atoms with van der Waals surface area (Å²) in [5.41, 5.74) is 0.870. The maximum atomic E-state index is 12.6. The standard InChI is InChI=1S/C22H30N6O4/c1-15(2)12-18-21(29)28(22(30)23-18)14-27-10-8-26(9-11-27)13-19-24-20(25-32-19)16-4-6-17(31-3)7-5-16/h4-7,15,18H,8-14H2,1-3H3,(H,23,30)/t18-/m0/s1. The molecule has 32 heavy (non-hydrogen) atoms. The topological polar surface area (TPSA) is 104 Å². The van der Waals surface area contributed by atoms with Gasteiger partial charge in [-0.3, -0.25) is 14.6 Å². The summed E-state index contributed by atoms with van der Waals surface area (Å²) < 4.78 is 10.6. The van der Waals surface area contributed by atoms with Crippen LogP contribution in [0.1, 0.15) is 26.2 Å². The van der Waals surface area contributed by atoms with E-state index in [1.54, 1.807) is 7.11 Å². The summed E-state index contributed by atoms with van der Waals surface area (Å²) in [4.78, 5) is 35.0. The Bertz CT molecular complexity index is 936. The highest BCUT2D eigenvalue weighted by Gasteiger charge is 2.39. The van der Waals surface area contributed by atoms with Gasteiger partial charge in [-0.2, -0.15) is 4.98 Å².